The van der Waals surface area contributed by atoms with Gasteiger partial charge in [-0.1, -0.05) is 0 Å². The number of fused-ring (bicyclic) bond motifs is 1. The van der Waals surface area contributed by atoms with Crippen molar-refractivity contribution in [3.8, 4) is 0 Å². The molecular formula is C11H13ClN4O2S. The zero-order valence-electron chi connectivity index (χ0n) is 10.2. The van der Waals surface area contributed by atoms with Crippen LogP contribution in [0.15, 0.2) is 4.90 Å². The molecule has 0 unspecified atom stereocenters. The van der Waals surface area contributed by atoms with Gasteiger partial charge < -0.3 is 14.9 Å². The van der Waals surface area contributed by atoms with Crippen molar-refractivity contribution < 1.29 is 9.90 Å². The van der Waals surface area contributed by atoms with Crippen LogP contribution < -0.4 is 4.90 Å². The number of nitrogens with zero attached hydrogens (tertiary/aromatic N) is 4. The molecule has 0 atom stereocenters. The van der Waals surface area contributed by atoms with Crippen molar-refractivity contribution >= 4 is 35.3 Å². The normalized spacial score (nSPS) is 18.6. The van der Waals surface area contributed by atoms with Crippen LogP contribution in [-0.4, -0.2) is 58.0 Å². The van der Waals surface area contributed by atoms with Gasteiger partial charge in [-0.3, -0.25) is 0 Å². The van der Waals surface area contributed by atoms with Gasteiger partial charge >= 0.3 is 6.09 Å². The Bertz CT molecular complexity index is 520. The maximum atomic E-state index is 10.9. The lowest BCUT2D eigenvalue weighted by Gasteiger charge is -2.34. The van der Waals surface area contributed by atoms with Crippen molar-refractivity contribution in [2.45, 2.75) is 11.3 Å². The van der Waals surface area contributed by atoms with Crippen molar-refractivity contribution in [3.05, 3.63) is 11.0 Å². The van der Waals surface area contributed by atoms with Crippen molar-refractivity contribution in [2.75, 3.05) is 36.8 Å². The van der Waals surface area contributed by atoms with Crippen LogP contribution in [0.2, 0.25) is 5.28 Å². The van der Waals surface area contributed by atoms with E-state index in [-0.39, 0.29) is 5.28 Å². The lowest BCUT2D eigenvalue weighted by molar-refractivity contribution is 0.142. The average molecular weight is 301 g/mol. The molecule has 8 heteroatoms. The Hall–Kier alpha value is -1.21. The summed E-state index contributed by atoms with van der Waals surface area (Å²) in [4.78, 5) is 24.1. The van der Waals surface area contributed by atoms with Crippen LogP contribution in [-0.2, 0) is 6.42 Å². The topological polar surface area (TPSA) is 69.6 Å². The highest BCUT2D eigenvalue weighted by Gasteiger charge is 2.27. The highest BCUT2D eigenvalue weighted by Crippen LogP contribution is 2.38. The number of piperazine rings is 1. The minimum atomic E-state index is -0.861. The summed E-state index contributed by atoms with van der Waals surface area (Å²) in [6, 6.07) is 0. The number of aromatic nitrogens is 2. The minimum Gasteiger partial charge on any atom is -0.465 e. The van der Waals surface area contributed by atoms with Crippen molar-refractivity contribution in [1.29, 1.82) is 0 Å². The Balaban J connectivity index is 1.82. The molecule has 102 valence electrons. The molecule has 0 aliphatic carbocycles. The lowest BCUT2D eigenvalue weighted by Crippen LogP contribution is -2.48. The predicted octanol–water partition coefficient (Wildman–Crippen LogP) is 1.58. The molecule has 1 saturated heterocycles. The number of aryl methyl sites for hydroxylation is 1. The standard InChI is InChI=1S/C11H13ClN4O2S/c12-10-13-7-1-6-19-8(7)9(14-10)15-2-4-16(5-3-15)11(17)18/h1-6H2,(H,17,18). The summed E-state index contributed by atoms with van der Waals surface area (Å²) in [5.41, 5.74) is 1.01. The summed E-state index contributed by atoms with van der Waals surface area (Å²) < 4.78 is 0. The summed E-state index contributed by atoms with van der Waals surface area (Å²) >= 11 is 7.71. The molecule has 0 saturated carbocycles. The molecule has 1 N–H and O–H groups in total. The van der Waals surface area contributed by atoms with Crippen LogP contribution >= 0.6 is 23.4 Å². The fraction of sp³-hybridized carbons (Fsp3) is 0.545. The molecule has 1 aromatic heterocycles. The number of anilines is 1. The van der Waals surface area contributed by atoms with Gasteiger partial charge in [0.05, 0.1) is 10.6 Å². The highest BCUT2D eigenvalue weighted by atomic mass is 35.5. The second kappa shape index (κ2) is 5.05. The van der Waals surface area contributed by atoms with Crippen LogP contribution in [0.5, 0.6) is 0 Å². The second-order valence-corrected chi connectivity index (χ2v) is 5.89. The van der Waals surface area contributed by atoms with Gasteiger partial charge in [0, 0.05) is 38.4 Å². The highest BCUT2D eigenvalue weighted by molar-refractivity contribution is 7.99. The van der Waals surface area contributed by atoms with Crippen molar-refractivity contribution in [1.82, 2.24) is 14.9 Å². The first-order valence-electron chi connectivity index (χ1n) is 6.07. The van der Waals surface area contributed by atoms with E-state index in [1.54, 1.807) is 11.8 Å². The molecule has 0 bridgehead atoms. The quantitative estimate of drug-likeness (QED) is 0.794. The van der Waals surface area contributed by atoms with E-state index >= 15 is 0 Å². The zero-order chi connectivity index (χ0) is 13.4. The van der Waals surface area contributed by atoms with Gasteiger partial charge in [-0.15, -0.1) is 11.8 Å². The molecule has 0 spiro atoms. The SMILES string of the molecule is O=C(O)N1CCN(c2nc(Cl)nc3c2SCC3)CC1. The zero-order valence-corrected chi connectivity index (χ0v) is 11.7. The van der Waals surface area contributed by atoms with Gasteiger partial charge in [0.1, 0.15) is 5.82 Å². The lowest BCUT2D eigenvalue weighted by atomic mass is 10.3. The Morgan fingerprint density at radius 2 is 2.00 bits per heavy atom. The number of thioether (sulfide) groups is 1. The molecule has 19 heavy (non-hydrogen) atoms. The summed E-state index contributed by atoms with van der Waals surface area (Å²) in [6.07, 6.45) is 0.0598. The third-order valence-corrected chi connectivity index (χ3v) is 4.61. The molecule has 2 aliphatic rings. The molecule has 6 nitrogen and oxygen atoms in total. The molecule has 3 heterocycles. The Morgan fingerprint density at radius 1 is 1.26 bits per heavy atom. The first-order valence-corrected chi connectivity index (χ1v) is 7.43. The fourth-order valence-electron chi connectivity index (χ4n) is 2.35. The molecule has 2 aliphatic heterocycles. The molecular weight excluding hydrogens is 288 g/mol. The van der Waals surface area contributed by atoms with E-state index in [9.17, 15) is 4.79 Å². The summed E-state index contributed by atoms with van der Waals surface area (Å²) in [5.74, 6) is 1.87. The summed E-state index contributed by atoms with van der Waals surface area (Å²) in [6.45, 7) is 2.28. The van der Waals surface area contributed by atoms with Crippen LogP contribution in [0, 0.1) is 0 Å². The van der Waals surface area contributed by atoms with E-state index in [1.165, 1.54) is 4.90 Å². The van der Waals surface area contributed by atoms with E-state index < -0.39 is 6.09 Å². The molecule has 0 radical (unpaired) electrons. The molecule has 0 aromatic carbocycles. The van der Waals surface area contributed by atoms with Crippen LogP contribution in [0.4, 0.5) is 10.6 Å². The van der Waals surface area contributed by atoms with E-state index in [0.717, 1.165) is 28.6 Å². The van der Waals surface area contributed by atoms with Crippen LogP contribution in [0.3, 0.4) is 0 Å². The summed E-state index contributed by atoms with van der Waals surface area (Å²) in [7, 11) is 0. The Labute approximate surface area is 119 Å². The number of amides is 1. The number of rotatable bonds is 1. The van der Waals surface area contributed by atoms with Gasteiger partial charge in [-0.2, -0.15) is 4.98 Å². The van der Waals surface area contributed by atoms with Gasteiger partial charge in [0.2, 0.25) is 5.28 Å². The van der Waals surface area contributed by atoms with E-state index in [0.29, 0.717) is 26.2 Å². The second-order valence-electron chi connectivity index (χ2n) is 4.45. The summed E-state index contributed by atoms with van der Waals surface area (Å²) in [5, 5.41) is 9.23. The largest absolute Gasteiger partial charge is 0.465 e. The minimum absolute atomic E-state index is 0.275. The van der Waals surface area contributed by atoms with E-state index in [4.69, 9.17) is 16.7 Å². The number of carboxylic acid groups (broad SMARTS) is 1. The maximum absolute atomic E-state index is 10.9. The molecule has 1 fully saturated rings. The molecule has 1 amide bonds. The predicted molar refractivity (Wildman–Crippen MR) is 73.3 cm³/mol. The monoisotopic (exact) mass is 300 g/mol. The van der Waals surface area contributed by atoms with Gasteiger partial charge in [0.15, 0.2) is 0 Å². The molecule has 3 rings (SSSR count). The Morgan fingerprint density at radius 3 is 2.68 bits per heavy atom. The third-order valence-electron chi connectivity index (χ3n) is 3.33. The first-order chi connectivity index (χ1) is 9.15. The van der Waals surface area contributed by atoms with Crippen LogP contribution in [0.1, 0.15) is 5.69 Å². The smallest absolute Gasteiger partial charge is 0.407 e. The van der Waals surface area contributed by atoms with Crippen molar-refractivity contribution in [2.24, 2.45) is 0 Å². The Kier molecular flexibility index (Phi) is 3.40. The number of carbonyl (C=O) groups is 1. The van der Waals surface area contributed by atoms with E-state index in [2.05, 4.69) is 14.9 Å². The number of halogens is 1. The number of hydrogen-bond donors (Lipinski definition) is 1. The van der Waals surface area contributed by atoms with Gasteiger partial charge in [-0.25, -0.2) is 9.78 Å². The van der Waals surface area contributed by atoms with Crippen LogP contribution in [0.25, 0.3) is 0 Å². The third kappa shape index (κ3) is 2.44. The number of hydrogen-bond acceptors (Lipinski definition) is 5. The van der Waals surface area contributed by atoms with E-state index in [1.807, 2.05) is 0 Å². The first kappa shape index (κ1) is 12.8. The van der Waals surface area contributed by atoms with Gasteiger partial charge in [0.25, 0.3) is 0 Å². The van der Waals surface area contributed by atoms with Crippen molar-refractivity contribution in [3.63, 3.8) is 0 Å². The average Bonchev–Trinajstić information content (AvgIpc) is 2.85. The maximum Gasteiger partial charge on any atom is 0.407 e. The molecule has 1 aromatic rings. The fourth-order valence-corrected chi connectivity index (χ4v) is 3.65. The van der Waals surface area contributed by atoms with Gasteiger partial charge in [-0.05, 0) is 11.6 Å².